The first kappa shape index (κ1) is 40.7. The summed E-state index contributed by atoms with van der Waals surface area (Å²) in [6, 6.07) is 15.7. The molecule has 0 aromatic heterocycles. The van der Waals surface area contributed by atoms with Crippen LogP contribution in [0.25, 0.3) is 0 Å². The lowest BCUT2D eigenvalue weighted by molar-refractivity contribution is -0.187. The van der Waals surface area contributed by atoms with Gasteiger partial charge in [0.05, 0.1) is 0 Å². The SMILES string of the molecule is C[C@H](N(Cc1ccc(F)cc1)C(=O)CN1C(=O)O[C@@]2(CCc3cc(NCCCc4ccc(NC(=O)CCCCCC5CCCC5)cc4)ccc32)C1=O)C(F)(F)F. The fourth-order valence-corrected chi connectivity index (χ4v) is 8.09. The van der Waals surface area contributed by atoms with Crippen LogP contribution in [0, 0.1) is 11.7 Å². The summed E-state index contributed by atoms with van der Waals surface area (Å²) in [7, 11) is 0. The molecule has 2 N–H and O–H groups in total. The van der Waals surface area contributed by atoms with Crippen molar-refractivity contribution in [3.05, 3.63) is 94.8 Å². The quantitative estimate of drug-likeness (QED) is 0.105. The summed E-state index contributed by atoms with van der Waals surface area (Å²) in [5.41, 5.74) is 2.60. The van der Waals surface area contributed by atoms with Crippen molar-refractivity contribution in [2.45, 2.75) is 115 Å². The second-order valence-electron chi connectivity index (χ2n) is 15.3. The van der Waals surface area contributed by atoms with E-state index >= 15 is 0 Å². The van der Waals surface area contributed by atoms with E-state index in [4.69, 9.17) is 4.74 Å². The summed E-state index contributed by atoms with van der Waals surface area (Å²) in [4.78, 5) is 53.6. The molecule has 3 aliphatic rings. The number of halogens is 4. The molecule has 2 atom stereocenters. The number of alkyl halides is 3. The minimum atomic E-state index is -4.79. The van der Waals surface area contributed by atoms with Crippen LogP contribution in [0.4, 0.5) is 33.7 Å². The second-order valence-corrected chi connectivity index (χ2v) is 15.3. The number of carbonyl (C=O) groups excluding carboxylic acids is 4. The van der Waals surface area contributed by atoms with E-state index in [1.807, 2.05) is 30.3 Å². The lowest BCUT2D eigenvalue weighted by Gasteiger charge is -2.31. The maximum absolute atomic E-state index is 13.8. The standard InChI is InChI=1S/C43H50F4N4O5/c1-29(43(45,46)47)50(27-32-13-17-34(44)18-14-32)39(53)28-51-40(54)42(56-41(51)55)24-23-33-26-36(21-22-37(33)42)48-25-7-11-31-15-19-35(20-16-31)49-38(52)12-4-2-3-8-30-9-5-6-10-30/h13-22,26,29-30,48H,2-12,23-25,27-28H2,1H3,(H,49,52)/t29-,42+/m0/s1. The molecule has 1 saturated heterocycles. The molecule has 56 heavy (non-hydrogen) atoms. The van der Waals surface area contributed by atoms with Gasteiger partial charge in [0.15, 0.2) is 0 Å². The fraction of sp³-hybridized carbons (Fsp3) is 0.488. The first-order chi connectivity index (χ1) is 26.8. The van der Waals surface area contributed by atoms with Crippen LogP contribution >= 0.6 is 0 Å². The third-order valence-corrected chi connectivity index (χ3v) is 11.4. The minimum absolute atomic E-state index is 0.0480. The van der Waals surface area contributed by atoms with Crippen LogP contribution in [0.5, 0.6) is 0 Å². The Balaban J connectivity index is 0.967. The Labute approximate surface area is 325 Å². The molecule has 0 radical (unpaired) electrons. The molecular weight excluding hydrogens is 728 g/mol. The molecular formula is C43H50F4N4O5. The van der Waals surface area contributed by atoms with Gasteiger partial charge in [-0.1, -0.05) is 75.3 Å². The highest BCUT2D eigenvalue weighted by molar-refractivity contribution is 6.06. The van der Waals surface area contributed by atoms with Crippen molar-refractivity contribution in [2.75, 3.05) is 23.7 Å². The number of ether oxygens (including phenoxy) is 1. The molecule has 2 fully saturated rings. The monoisotopic (exact) mass is 778 g/mol. The number of carbonyl (C=O) groups is 4. The molecule has 0 unspecified atom stereocenters. The zero-order chi connectivity index (χ0) is 39.9. The molecule has 6 rings (SSSR count). The van der Waals surface area contributed by atoms with Gasteiger partial charge in [0.25, 0.3) is 5.91 Å². The molecule has 3 aromatic carbocycles. The largest absolute Gasteiger partial charge is 0.427 e. The Morgan fingerprint density at radius 1 is 0.929 bits per heavy atom. The number of nitrogens with one attached hydrogen (secondary N) is 2. The van der Waals surface area contributed by atoms with E-state index < -0.39 is 54.6 Å². The van der Waals surface area contributed by atoms with Crippen molar-refractivity contribution in [3.63, 3.8) is 0 Å². The van der Waals surface area contributed by atoms with E-state index in [0.29, 0.717) is 34.7 Å². The zero-order valence-corrected chi connectivity index (χ0v) is 31.8. The molecule has 1 saturated carbocycles. The van der Waals surface area contributed by atoms with E-state index in [0.717, 1.165) is 73.2 Å². The summed E-state index contributed by atoms with van der Waals surface area (Å²) < 4.78 is 60.4. The minimum Gasteiger partial charge on any atom is -0.427 e. The molecule has 2 aliphatic carbocycles. The maximum atomic E-state index is 13.8. The Morgan fingerprint density at radius 3 is 2.34 bits per heavy atom. The summed E-state index contributed by atoms with van der Waals surface area (Å²) in [5, 5.41) is 6.40. The third-order valence-electron chi connectivity index (χ3n) is 11.4. The van der Waals surface area contributed by atoms with E-state index in [9.17, 15) is 36.7 Å². The van der Waals surface area contributed by atoms with Crippen molar-refractivity contribution in [1.82, 2.24) is 9.80 Å². The Bertz CT molecular complexity index is 1860. The van der Waals surface area contributed by atoms with Crippen molar-refractivity contribution in [3.8, 4) is 0 Å². The molecule has 3 aromatic rings. The van der Waals surface area contributed by atoms with Crippen LogP contribution in [0.3, 0.4) is 0 Å². The van der Waals surface area contributed by atoms with Crippen LogP contribution in [0.1, 0.15) is 99.8 Å². The number of amides is 4. The van der Waals surface area contributed by atoms with Gasteiger partial charge in [-0.25, -0.2) is 14.1 Å². The Morgan fingerprint density at radius 2 is 1.62 bits per heavy atom. The average molecular weight is 779 g/mol. The first-order valence-electron chi connectivity index (χ1n) is 19.7. The van der Waals surface area contributed by atoms with Crippen molar-refractivity contribution in [2.24, 2.45) is 5.92 Å². The van der Waals surface area contributed by atoms with Crippen molar-refractivity contribution in [1.29, 1.82) is 0 Å². The van der Waals surface area contributed by atoms with Gasteiger partial charge in [-0.2, -0.15) is 13.2 Å². The van der Waals surface area contributed by atoms with E-state index in [1.165, 1.54) is 50.7 Å². The molecule has 1 spiro atoms. The summed E-state index contributed by atoms with van der Waals surface area (Å²) >= 11 is 0. The first-order valence-corrected chi connectivity index (χ1v) is 19.7. The number of imide groups is 1. The van der Waals surface area contributed by atoms with Crippen LogP contribution in [-0.4, -0.2) is 58.9 Å². The molecule has 9 nitrogen and oxygen atoms in total. The van der Waals surface area contributed by atoms with Gasteiger partial charge in [0.2, 0.25) is 17.4 Å². The van der Waals surface area contributed by atoms with E-state index in [1.54, 1.807) is 12.1 Å². The number of fused-ring (bicyclic) bond motifs is 2. The van der Waals surface area contributed by atoms with Crippen LogP contribution in [0.2, 0.25) is 0 Å². The Hall–Kier alpha value is -4.94. The molecule has 4 amide bonds. The van der Waals surface area contributed by atoms with Gasteiger partial charge in [-0.3, -0.25) is 14.4 Å². The van der Waals surface area contributed by atoms with Gasteiger partial charge < -0.3 is 20.3 Å². The van der Waals surface area contributed by atoms with Crippen LogP contribution in [-0.2, 0) is 44.1 Å². The number of nitrogens with zero attached hydrogens (tertiary/aromatic N) is 2. The smallest absolute Gasteiger partial charge is 0.418 e. The third kappa shape index (κ3) is 9.89. The highest BCUT2D eigenvalue weighted by atomic mass is 19.4. The molecule has 0 bridgehead atoms. The molecule has 1 aliphatic heterocycles. The summed E-state index contributed by atoms with van der Waals surface area (Å²) in [6.45, 7) is 0.0316. The van der Waals surface area contributed by atoms with E-state index in [2.05, 4.69) is 10.6 Å². The number of unbranched alkanes of at least 4 members (excludes halogenated alkanes) is 2. The normalized spacial score (nSPS) is 18.6. The highest BCUT2D eigenvalue weighted by Gasteiger charge is 2.58. The molecule has 300 valence electrons. The number of aryl methyl sites for hydroxylation is 2. The van der Waals surface area contributed by atoms with E-state index in [-0.39, 0.29) is 17.9 Å². The fourth-order valence-electron chi connectivity index (χ4n) is 8.09. The average Bonchev–Trinajstić information content (AvgIpc) is 3.88. The predicted octanol–water partition coefficient (Wildman–Crippen LogP) is 9.05. The second kappa shape index (κ2) is 17.9. The maximum Gasteiger partial charge on any atom is 0.418 e. The van der Waals surface area contributed by atoms with Gasteiger partial charge in [-0.15, -0.1) is 0 Å². The van der Waals surface area contributed by atoms with Crippen LogP contribution in [0.15, 0.2) is 66.7 Å². The lowest BCUT2D eigenvalue weighted by Crippen LogP contribution is -2.51. The number of hydrogen-bond acceptors (Lipinski definition) is 6. The summed E-state index contributed by atoms with van der Waals surface area (Å²) in [6.07, 6.45) is 6.84. The van der Waals surface area contributed by atoms with Crippen molar-refractivity contribution >= 4 is 35.2 Å². The number of rotatable bonds is 17. The topological polar surface area (TPSA) is 108 Å². The van der Waals surface area contributed by atoms with Gasteiger partial charge in [0.1, 0.15) is 18.4 Å². The molecule has 1 heterocycles. The highest BCUT2D eigenvalue weighted by Crippen LogP contribution is 2.46. The predicted molar refractivity (Wildman–Crippen MR) is 204 cm³/mol. The van der Waals surface area contributed by atoms with Crippen molar-refractivity contribution < 1.29 is 41.5 Å². The lowest BCUT2D eigenvalue weighted by atomic mass is 9.94. The zero-order valence-electron chi connectivity index (χ0n) is 31.8. The summed E-state index contributed by atoms with van der Waals surface area (Å²) in [5.74, 6) is -1.54. The number of hydrogen-bond donors (Lipinski definition) is 2. The van der Waals surface area contributed by atoms with Gasteiger partial charge in [-0.05, 0) is 91.6 Å². The van der Waals surface area contributed by atoms with Gasteiger partial charge >= 0.3 is 12.3 Å². The van der Waals surface area contributed by atoms with Crippen LogP contribution < -0.4 is 10.6 Å². The number of anilines is 2. The van der Waals surface area contributed by atoms with Gasteiger partial charge in [0, 0.05) is 42.9 Å². The Kier molecular flexibility index (Phi) is 13.0. The number of benzene rings is 3. The molecule has 13 heteroatoms.